The van der Waals surface area contributed by atoms with Crippen LogP contribution in [0.25, 0.3) is 10.3 Å². The number of carbonyl (C=O) groups is 1. The van der Waals surface area contributed by atoms with Gasteiger partial charge in [-0.2, -0.15) is 13.2 Å². The molecular weight excluding hydrogens is 459 g/mol. The molecule has 0 saturated carbocycles. The quantitative estimate of drug-likeness (QED) is 0.606. The monoisotopic (exact) mass is 479 g/mol. The molecule has 3 aromatic rings. The van der Waals surface area contributed by atoms with Crippen molar-refractivity contribution in [3.05, 3.63) is 52.1 Å². The second-order valence-electron chi connectivity index (χ2n) is 8.00. The molecule has 12 heteroatoms. The zero-order valence-corrected chi connectivity index (χ0v) is 18.2. The molecule has 2 saturated heterocycles. The fourth-order valence-corrected chi connectivity index (χ4v) is 5.09. The van der Waals surface area contributed by atoms with Crippen LogP contribution in [-0.4, -0.2) is 46.2 Å². The standard InChI is InChI=1S/C21H20F3N5O3S/c22-21(23,24)19-27-17-15(18(31)29(19)13-10-32-11-13)26-20(33-17)28-8-4-7-14(28)16(30)25-9-12-5-2-1-3-6-12/h1-3,5-6,13-14H,4,7-11H2,(H,25,30)/t14-/m1/s1. The van der Waals surface area contributed by atoms with Crippen LogP contribution in [0.4, 0.5) is 18.3 Å². The molecule has 2 aromatic heterocycles. The number of fused-ring (bicyclic) bond motifs is 1. The minimum atomic E-state index is -4.79. The van der Waals surface area contributed by atoms with E-state index in [-0.39, 0.29) is 29.5 Å². The van der Waals surface area contributed by atoms with Gasteiger partial charge in [0.05, 0.1) is 19.3 Å². The first kappa shape index (κ1) is 21.8. The Bertz CT molecular complexity index is 1240. The molecular formula is C21H20F3N5O3S. The normalized spacial score (nSPS) is 19.1. The van der Waals surface area contributed by atoms with Crippen LogP contribution in [0, 0.1) is 0 Å². The molecule has 0 bridgehead atoms. The predicted molar refractivity (Wildman–Crippen MR) is 115 cm³/mol. The number of nitrogens with one attached hydrogen (secondary N) is 1. The first-order valence-electron chi connectivity index (χ1n) is 10.5. The van der Waals surface area contributed by atoms with E-state index in [0.29, 0.717) is 29.2 Å². The van der Waals surface area contributed by atoms with Gasteiger partial charge in [-0.15, -0.1) is 0 Å². The Morgan fingerprint density at radius 1 is 1.21 bits per heavy atom. The zero-order valence-electron chi connectivity index (χ0n) is 17.3. The molecule has 0 spiro atoms. The van der Waals surface area contributed by atoms with Crippen molar-refractivity contribution < 1.29 is 22.7 Å². The van der Waals surface area contributed by atoms with Crippen LogP contribution in [0.5, 0.6) is 0 Å². The van der Waals surface area contributed by atoms with E-state index in [1.807, 2.05) is 30.3 Å². The summed E-state index contributed by atoms with van der Waals surface area (Å²) in [5.74, 6) is -1.44. The molecule has 2 aliphatic heterocycles. The molecule has 1 atom stereocenters. The molecule has 0 unspecified atom stereocenters. The number of hydrogen-bond donors (Lipinski definition) is 1. The second-order valence-corrected chi connectivity index (χ2v) is 8.96. The summed E-state index contributed by atoms with van der Waals surface area (Å²) in [6.07, 6.45) is -3.48. The van der Waals surface area contributed by atoms with Gasteiger partial charge >= 0.3 is 6.18 Å². The van der Waals surface area contributed by atoms with Crippen molar-refractivity contribution in [3.8, 4) is 0 Å². The van der Waals surface area contributed by atoms with E-state index in [2.05, 4.69) is 15.3 Å². The lowest BCUT2D eigenvalue weighted by atomic mass is 10.2. The summed E-state index contributed by atoms with van der Waals surface area (Å²) in [7, 11) is 0. The average Bonchev–Trinajstić information content (AvgIpc) is 3.39. The van der Waals surface area contributed by atoms with Crippen molar-refractivity contribution in [1.82, 2.24) is 19.9 Å². The van der Waals surface area contributed by atoms with Crippen molar-refractivity contribution >= 4 is 32.7 Å². The number of anilines is 1. The molecule has 1 aromatic carbocycles. The molecule has 1 N–H and O–H groups in total. The number of benzene rings is 1. The number of hydrogen-bond acceptors (Lipinski definition) is 7. The van der Waals surface area contributed by atoms with E-state index in [1.165, 1.54) is 0 Å². The van der Waals surface area contributed by atoms with E-state index in [4.69, 9.17) is 4.74 Å². The molecule has 5 rings (SSSR count). The number of halogens is 3. The van der Waals surface area contributed by atoms with Gasteiger partial charge in [0, 0.05) is 13.1 Å². The Labute approximate surface area is 190 Å². The van der Waals surface area contributed by atoms with E-state index >= 15 is 0 Å². The lowest BCUT2D eigenvalue weighted by molar-refractivity contribution is -0.152. The number of alkyl halides is 3. The fourth-order valence-electron chi connectivity index (χ4n) is 4.08. The van der Waals surface area contributed by atoms with Crippen LogP contribution in [0.15, 0.2) is 35.1 Å². The van der Waals surface area contributed by atoms with Crippen molar-refractivity contribution in [2.45, 2.75) is 37.6 Å². The van der Waals surface area contributed by atoms with Gasteiger partial charge in [0.1, 0.15) is 6.04 Å². The summed E-state index contributed by atoms with van der Waals surface area (Å²) in [6.45, 7) is 0.917. The van der Waals surface area contributed by atoms with Crippen molar-refractivity contribution in [1.29, 1.82) is 0 Å². The van der Waals surface area contributed by atoms with Crippen molar-refractivity contribution in [2.75, 3.05) is 24.7 Å². The Morgan fingerprint density at radius 2 is 1.97 bits per heavy atom. The van der Waals surface area contributed by atoms with Gasteiger partial charge in [0.15, 0.2) is 15.5 Å². The van der Waals surface area contributed by atoms with Crippen molar-refractivity contribution in [2.24, 2.45) is 0 Å². The van der Waals surface area contributed by atoms with Gasteiger partial charge in [0.25, 0.3) is 5.56 Å². The maximum absolute atomic E-state index is 13.6. The highest BCUT2D eigenvalue weighted by molar-refractivity contribution is 7.21. The topological polar surface area (TPSA) is 89.4 Å². The SMILES string of the molecule is O=C(NCc1ccccc1)[C@H]1CCCN1c1nc2c(=O)n(C3COC3)c(C(F)(F)F)nc2s1. The molecule has 33 heavy (non-hydrogen) atoms. The van der Waals surface area contributed by atoms with Gasteiger partial charge in [-0.25, -0.2) is 9.97 Å². The minimum Gasteiger partial charge on any atom is -0.377 e. The van der Waals surface area contributed by atoms with Gasteiger partial charge in [-0.1, -0.05) is 41.7 Å². The molecule has 1 amide bonds. The summed E-state index contributed by atoms with van der Waals surface area (Å²) in [5, 5.41) is 3.23. The number of thiazole rings is 1. The Kier molecular flexibility index (Phi) is 5.57. The smallest absolute Gasteiger partial charge is 0.377 e. The van der Waals surface area contributed by atoms with Crippen LogP contribution in [-0.2, 0) is 22.3 Å². The first-order chi connectivity index (χ1) is 15.8. The first-order valence-corrected chi connectivity index (χ1v) is 11.3. The summed E-state index contributed by atoms with van der Waals surface area (Å²) >= 11 is 0.900. The van der Waals surface area contributed by atoms with Gasteiger partial charge in [-0.3, -0.25) is 14.2 Å². The highest BCUT2D eigenvalue weighted by atomic mass is 32.1. The van der Waals surface area contributed by atoms with Crippen LogP contribution in [0.2, 0.25) is 0 Å². The Balaban J connectivity index is 1.45. The van der Waals surface area contributed by atoms with Crippen LogP contribution in [0.3, 0.4) is 0 Å². The van der Waals surface area contributed by atoms with Crippen molar-refractivity contribution in [3.63, 3.8) is 0 Å². The number of rotatable bonds is 5. The lowest BCUT2D eigenvalue weighted by Crippen LogP contribution is -2.43. The fraction of sp³-hybridized carbons (Fsp3) is 0.429. The second kappa shape index (κ2) is 8.41. The van der Waals surface area contributed by atoms with Gasteiger partial charge in [0.2, 0.25) is 11.7 Å². The van der Waals surface area contributed by atoms with Gasteiger partial charge < -0.3 is 15.0 Å². The Hall–Kier alpha value is -2.99. The molecule has 174 valence electrons. The molecule has 0 radical (unpaired) electrons. The molecule has 0 aliphatic carbocycles. The number of carbonyl (C=O) groups excluding carboxylic acids is 1. The van der Waals surface area contributed by atoms with E-state index in [0.717, 1.165) is 23.3 Å². The number of amides is 1. The average molecular weight is 479 g/mol. The highest BCUT2D eigenvalue weighted by Crippen LogP contribution is 2.35. The summed E-state index contributed by atoms with van der Waals surface area (Å²) in [4.78, 5) is 35.5. The molecule has 8 nitrogen and oxygen atoms in total. The third kappa shape index (κ3) is 4.08. The summed E-state index contributed by atoms with van der Waals surface area (Å²) in [5.41, 5.74) is -0.00238. The third-order valence-corrected chi connectivity index (χ3v) is 6.79. The van der Waals surface area contributed by atoms with E-state index < -0.39 is 29.6 Å². The lowest BCUT2D eigenvalue weighted by Gasteiger charge is -2.29. The minimum absolute atomic E-state index is 0.0168. The maximum Gasteiger partial charge on any atom is 0.449 e. The highest BCUT2D eigenvalue weighted by Gasteiger charge is 2.41. The largest absolute Gasteiger partial charge is 0.449 e. The predicted octanol–water partition coefficient (Wildman–Crippen LogP) is 2.73. The maximum atomic E-state index is 13.6. The van der Waals surface area contributed by atoms with Crippen LogP contribution < -0.4 is 15.8 Å². The van der Waals surface area contributed by atoms with Crippen LogP contribution >= 0.6 is 11.3 Å². The van der Waals surface area contributed by atoms with E-state index in [9.17, 15) is 22.8 Å². The summed E-state index contributed by atoms with van der Waals surface area (Å²) in [6, 6.07) is 8.23. The molecule has 2 aliphatic rings. The van der Waals surface area contributed by atoms with Crippen LogP contribution in [0.1, 0.15) is 30.3 Å². The van der Waals surface area contributed by atoms with E-state index in [1.54, 1.807) is 4.90 Å². The summed E-state index contributed by atoms with van der Waals surface area (Å²) < 4.78 is 46.5. The number of aromatic nitrogens is 3. The zero-order chi connectivity index (χ0) is 23.2. The number of nitrogens with zero attached hydrogens (tertiary/aromatic N) is 4. The Morgan fingerprint density at radius 3 is 2.64 bits per heavy atom. The third-order valence-electron chi connectivity index (χ3n) is 5.80. The molecule has 4 heterocycles. The molecule has 2 fully saturated rings. The number of ether oxygens (including phenoxy) is 1. The van der Waals surface area contributed by atoms with Gasteiger partial charge in [-0.05, 0) is 18.4 Å².